The van der Waals surface area contributed by atoms with E-state index in [4.69, 9.17) is 23.4 Å². The molecule has 0 amide bonds. The molecule has 10 heteroatoms. The van der Waals surface area contributed by atoms with Crippen LogP contribution in [0.1, 0.15) is 13.7 Å². The molecule has 13 aromatic rings. The van der Waals surface area contributed by atoms with Gasteiger partial charge in [0.15, 0.2) is 0 Å². The maximum Gasteiger partial charge on any atom is 0.268 e. The van der Waals surface area contributed by atoms with Crippen molar-refractivity contribution in [1.82, 2.24) is 18.7 Å². The standard InChI is InChI=1S/C66H54N6OSi2.Pt/c1-74(2,3)72(75(4,5)6)49-39-40-67-65(42-49)71-59-36-18-15-31-55(59)56-43-63(70-57-34-16-13-29-53(57)54-30-14-17-35-58(54)70)64(44-62(56)71)73-50-28-21-27-48(41-50)68-45-69(61-38-20-19-37-60(61)68)66-51(46-23-9-7-10-24-46)32-22-33-52(66)47-25-11-8-12-26-47;/h7-40,42-43H,1-6H3;/q-2;/i7D,8D,9D,10D,11D,12D,23D,24D,25D,26D;. The van der Waals surface area contributed by atoms with Gasteiger partial charge in [0.25, 0.3) is 6.33 Å². The van der Waals surface area contributed by atoms with Gasteiger partial charge < -0.3 is 22.7 Å². The molecule has 4 aromatic heterocycles. The van der Waals surface area contributed by atoms with E-state index in [0.717, 1.165) is 60.8 Å². The van der Waals surface area contributed by atoms with E-state index in [-0.39, 0.29) is 49.0 Å². The maximum atomic E-state index is 9.16. The van der Waals surface area contributed by atoms with Crippen LogP contribution in [0.25, 0.3) is 99.8 Å². The number of benzene rings is 9. The van der Waals surface area contributed by atoms with Gasteiger partial charge in [-0.2, -0.15) is 12.1 Å². The van der Waals surface area contributed by atoms with Gasteiger partial charge in [-0.1, -0.05) is 208 Å². The minimum atomic E-state index is -1.87. The van der Waals surface area contributed by atoms with Gasteiger partial charge in [-0.15, -0.1) is 24.3 Å². The molecule has 0 unspecified atom stereocenters. The Morgan fingerprint density at radius 3 is 1.70 bits per heavy atom. The zero-order chi connectivity index (χ0) is 59.7. The normalized spacial score (nSPS) is 13.8. The average molecular weight is 1210 g/mol. The van der Waals surface area contributed by atoms with Crippen molar-refractivity contribution in [3.05, 3.63) is 237 Å². The van der Waals surface area contributed by atoms with Gasteiger partial charge in [0.1, 0.15) is 22.3 Å². The van der Waals surface area contributed by atoms with Gasteiger partial charge in [0, 0.05) is 77.8 Å². The van der Waals surface area contributed by atoms with E-state index in [1.807, 2.05) is 79.0 Å². The molecule has 76 heavy (non-hydrogen) atoms. The zero-order valence-electron chi connectivity index (χ0n) is 52.4. The summed E-state index contributed by atoms with van der Waals surface area (Å²) >= 11 is 0. The largest absolute Gasteiger partial charge is 0.508 e. The molecule has 0 aliphatic carbocycles. The number of fused-ring (bicyclic) bond motifs is 7. The number of aromatic nitrogens is 5. The van der Waals surface area contributed by atoms with E-state index in [2.05, 4.69) is 132 Å². The van der Waals surface area contributed by atoms with Gasteiger partial charge in [0.2, 0.25) is 0 Å². The number of pyridine rings is 1. The summed E-state index contributed by atoms with van der Waals surface area (Å²) in [4.78, 5) is 5.08. The Hall–Kier alpha value is -8.08. The van der Waals surface area contributed by atoms with Crippen LogP contribution >= 0.6 is 0 Å². The van der Waals surface area contributed by atoms with Gasteiger partial charge in [-0.3, -0.25) is 4.57 Å². The predicted octanol–water partition coefficient (Wildman–Crippen LogP) is 16.5. The van der Waals surface area contributed by atoms with Gasteiger partial charge in [-0.25, -0.2) is 4.98 Å². The van der Waals surface area contributed by atoms with Crippen LogP contribution in [0.3, 0.4) is 0 Å². The van der Waals surface area contributed by atoms with Crippen molar-refractivity contribution in [2.24, 2.45) is 0 Å². The predicted molar refractivity (Wildman–Crippen MR) is 314 cm³/mol. The van der Waals surface area contributed by atoms with Crippen molar-refractivity contribution < 1.29 is 44.1 Å². The summed E-state index contributed by atoms with van der Waals surface area (Å²) in [5, 5.41) is 4.10. The Labute approximate surface area is 474 Å². The van der Waals surface area contributed by atoms with Gasteiger partial charge >= 0.3 is 0 Å². The number of hydrogen-bond donors (Lipinski definition) is 0. The van der Waals surface area contributed by atoms with E-state index >= 15 is 0 Å². The Bertz CT molecular complexity index is 4740. The number of ether oxygens (including phenoxy) is 1. The van der Waals surface area contributed by atoms with Crippen LogP contribution in [0.2, 0.25) is 39.3 Å². The average Bonchev–Trinajstić information content (AvgIpc) is 1.57. The first-order valence-corrected chi connectivity index (χ1v) is 31.7. The van der Waals surface area contributed by atoms with E-state index in [1.165, 1.54) is 0 Å². The van der Waals surface area contributed by atoms with Crippen LogP contribution in [-0.2, 0) is 21.1 Å². The van der Waals surface area contributed by atoms with Crippen LogP contribution < -0.4 is 13.5 Å². The van der Waals surface area contributed by atoms with Crippen molar-refractivity contribution >= 4 is 76.8 Å². The summed E-state index contributed by atoms with van der Waals surface area (Å²) in [5.74, 6) is 1.48. The maximum absolute atomic E-state index is 9.16. The summed E-state index contributed by atoms with van der Waals surface area (Å²) in [6, 6.07) is 51.2. The fraction of sp³-hybridized carbons (Fsp3) is 0.0909. The summed E-state index contributed by atoms with van der Waals surface area (Å²) < 4.78 is 106. The second-order valence-corrected chi connectivity index (χ2v) is 30.5. The van der Waals surface area contributed by atoms with Crippen LogP contribution in [0.5, 0.6) is 11.5 Å². The Morgan fingerprint density at radius 2 is 1.09 bits per heavy atom. The third-order valence-corrected chi connectivity index (χ3v) is 20.8. The Morgan fingerprint density at radius 1 is 0.553 bits per heavy atom. The summed E-state index contributed by atoms with van der Waals surface area (Å²) in [5.41, 5.74) is 7.25. The molecule has 0 spiro atoms. The molecule has 0 atom stereocenters. The minimum absolute atomic E-state index is 0. The van der Waals surface area contributed by atoms with Crippen molar-refractivity contribution in [2.45, 2.75) is 39.3 Å². The first kappa shape index (κ1) is 38.5. The third-order valence-electron chi connectivity index (χ3n) is 13.6. The van der Waals surface area contributed by atoms with Crippen LogP contribution in [0, 0.1) is 18.5 Å². The molecule has 13 rings (SSSR count). The fourth-order valence-corrected chi connectivity index (χ4v) is 21.0. The summed E-state index contributed by atoms with van der Waals surface area (Å²) in [6.07, 6.45) is 5.38. The molecule has 0 saturated heterocycles. The van der Waals surface area contributed by atoms with Crippen molar-refractivity contribution in [3.63, 3.8) is 0 Å². The monoisotopic (exact) mass is 1210 g/mol. The number of para-hydroxylation sites is 6. The smallest absolute Gasteiger partial charge is 0.268 e. The topological polar surface area (TPSA) is 44.0 Å². The third kappa shape index (κ3) is 8.40. The zero-order valence-corrected chi connectivity index (χ0v) is 46.7. The summed E-state index contributed by atoms with van der Waals surface area (Å²) in [6.45, 7) is 14.3. The van der Waals surface area contributed by atoms with Crippen LogP contribution in [0.15, 0.2) is 218 Å². The molecule has 0 saturated carbocycles. The quantitative estimate of drug-likeness (QED) is 0.0736. The van der Waals surface area contributed by atoms with Crippen molar-refractivity contribution in [2.75, 3.05) is 4.23 Å². The minimum Gasteiger partial charge on any atom is -0.508 e. The molecule has 0 radical (unpaired) electrons. The first-order chi connectivity index (χ1) is 40.6. The second-order valence-electron chi connectivity index (χ2n) is 20.5. The molecule has 0 bridgehead atoms. The number of anilines is 1. The van der Waals surface area contributed by atoms with Crippen molar-refractivity contribution in [1.29, 1.82) is 0 Å². The van der Waals surface area contributed by atoms with Crippen LogP contribution in [0.4, 0.5) is 5.69 Å². The van der Waals surface area contributed by atoms with E-state index < -0.39 is 76.9 Å². The molecule has 0 N–H and O–H groups in total. The van der Waals surface area contributed by atoms with Gasteiger partial charge in [-0.05, 0) is 63.3 Å². The second kappa shape index (κ2) is 19.2. The van der Waals surface area contributed by atoms with E-state index in [9.17, 15) is 0 Å². The molecule has 374 valence electrons. The Kier molecular flexibility index (Phi) is 9.74. The molecule has 4 heterocycles. The van der Waals surface area contributed by atoms with Crippen LogP contribution in [-0.4, -0.2) is 35.2 Å². The van der Waals surface area contributed by atoms with Gasteiger partial charge in [0.05, 0.1) is 30.4 Å². The van der Waals surface area contributed by atoms with E-state index in [0.29, 0.717) is 28.2 Å². The molecule has 9 aromatic carbocycles. The first-order valence-electron chi connectivity index (χ1n) is 29.8. The van der Waals surface area contributed by atoms with E-state index in [1.54, 1.807) is 27.3 Å². The SMILES string of the molecule is [2H]c1c([2H])c([2H])c(-c2cccc(-c3c([2H])c([2H])c([2H])c([2H])c3[2H])c2-[n+]2[c-]n(-c3[c-]c(Oc4[c-]c5c(cc4-n4c6ccccc6c6ccccc64)c4ccccc4n5-c4cc(N([Si](C)(C)C)[Si](C)(C)C)ccn4)ccc3)c3ccccc32)c([2H])c1[2H].[Pt]. The number of nitrogens with zero attached hydrogens (tertiary/aromatic N) is 6. The molecular formula is C66H54N6OPtSi2-2. The van der Waals surface area contributed by atoms with Crippen molar-refractivity contribution in [3.8, 4) is 56.6 Å². The Balaban J connectivity index is 0.00000724. The molecular weight excluding hydrogens is 1140 g/mol. The number of hydrogen-bond acceptors (Lipinski definition) is 3. The molecule has 0 aliphatic heterocycles. The molecule has 7 nitrogen and oxygen atoms in total. The number of rotatable bonds is 11. The summed E-state index contributed by atoms with van der Waals surface area (Å²) in [7, 11) is -3.74. The fourth-order valence-electron chi connectivity index (χ4n) is 11.1. The number of imidazole rings is 1. The molecule has 0 aliphatic rings. The molecule has 0 fully saturated rings.